The molecule has 0 saturated carbocycles. The molecule has 3 rings (SSSR count). The minimum absolute atomic E-state index is 0.722. The molecule has 1 aromatic heterocycles. The summed E-state index contributed by atoms with van der Waals surface area (Å²) in [4.78, 5) is 4.64. The summed E-state index contributed by atoms with van der Waals surface area (Å²) in [7, 11) is 3.27. The van der Waals surface area contributed by atoms with Gasteiger partial charge in [-0.15, -0.1) is 11.3 Å². The lowest BCUT2D eigenvalue weighted by Gasteiger charge is -2.08. The van der Waals surface area contributed by atoms with E-state index in [1.165, 1.54) is 4.70 Å². The van der Waals surface area contributed by atoms with Gasteiger partial charge in [-0.1, -0.05) is 12.1 Å². The molecule has 0 atom stereocenters. The number of rotatable bonds is 3. The van der Waals surface area contributed by atoms with Crippen LogP contribution < -0.4 is 9.47 Å². The molecule has 0 radical (unpaired) electrons. The van der Waals surface area contributed by atoms with E-state index < -0.39 is 0 Å². The number of thiazole rings is 1. The standard InChI is InChI=1S/C15H13NO2S/c1-17-12-8-7-10(9-13(12)18-2)15-16-11-5-3-4-6-14(11)19-15/h3-9H,1-2H3. The summed E-state index contributed by atoms with van der Waals surface area (Å²) in [5.74, 6) is 1.45. The van der Waals surface area contributed by atoms with Crippen LogP contribution >= 0.6 is 11.3 Å². The number of hydrogen-bond donors (Lipinski definition) is 0. The van der Waals surface area contributed by atoms with Crippen LogP contribution in [-0.4, -0.2) is 19.2 Å². The summed E-state index contributed by atoms with van der Waals surface area (Å²) < 4.78 is 11.8. The van der Waals surface area contributed by atoms with Gasteiger partial charge in [-0.2, -0.15) is 0 Å². The van der Waals surface area contributed by atoms with Crippen LogP contribution in [0, 0.1) is 0 Å². The number of fused-ring (bicyclic) bond motifs is 1. The molecule has 2 aromatic carbocycles. The fraction of sp³-hybridized carbons (Fsp3) is 0.133. The third-order valence-corrected chi connectivity index (χ3v) is 4.01. The lowest BCUT2D eigenvalue weighted by atomic mass is 10.2. The molecule has 0 aliphatic carbocycles. The Morgan fingerprint density at radius 2 is 1.74 bits per heavy atom. The molecule has 0 aliphatic heterocycles. The van der Waals surface area contributed by atoms with E-state index in [1.54, 1.807) is 25.6 Å². The first-order valence-electron chi connectivity index (χ1n) is 5.90. The number of aromatic nitrogens is 1. The molecule has 0 N–H and O–H groups in total. The number of methoxy groups -OCH3 is 2. The van der Waals surface area contributed by atoms with Crippen LogP contribution in [-0.2, 0) is 0 Å². The fourth-order valence-electron chi connectivity index (χ4n) is 1.96. The Bertz CT molecular complexity index is 688. The number of ether oxygens (including phenoxy) is 2. The van der Waals surface area contributed by atoms with Gasteiger partial charge in [0.25, 0.3) is 0 Å². The molecule has 0 aliphatic rings. The second kappa shape index (κ2) is 4.90. The van der Waals surface area contributed by atoms with Crippen LogP contribution in [0.4, 0.5) is 0 Å². The maximum absolute atomic E-state index is 5.32. The quantitative estimate of drug-likeness (QED) is 0.722. The number of nitrogens with zero attached hydrogens (tertiary/aromatic N) is 1. The highest BCUT2D eigenvalue weighted by atomic mass is 32.1. The predicted molar refractivity (Wildman–Crippen MR) is 78.2 cm³/mol. The zero-order valence-corrected chi connectivity index (χ0v) is 11.5. The van der Waals surface area contributed by atoms with Crippen LogP contribution in [0.1, 0.15) is 0 Å². The van der Waals surface area contributed by atoms with Crippen LogP contribution in [0.3, 0.4) is 0 Å². The molecule has 0 saturated heterocycles. The average molecular weight is 271 g/mol. The Hall–Kier alpha value is -2.07. The summed E-state index contributed by atoms with van der Waals surface area (Å²) >= 11 is 1.68. The van der Waals surface area contributed by atoms with Crippen LogP contribution in [0.25, 0.3) is 20.8 Å². The van der Waals surface area contributed by atoms with E-state index in [0.717, 1.165) is 27.6 Å². The van der Waals surface area contributed by atoms with Gasteiger partial charge in [0.1, 0.15) is 5.01 Å². The van der Waals surface area contributed by atoms with E-state index in [2.05, 4.69) is 11.1 Å². The summed E-state index contributed by atoms with van der Waals surface area (Å²) in [6.45, 7) is 0. The summed E-state index contributed by atoms with van der Waals surface area (Å²) in [5.41, 5.74) is 2.07. The Morgan fingerprint density at radius 3 is 2.47 bits per heavy atom. The van der Waals surface area contributed by atoms with E-state index in [9.17, 15) is 0 Å². The molecular weight excluding hydrogens is 258 g/mol. The van der Waals surface area contributed by atoms with E-state index in [1.807, 2.05) is 36.4 Å². The van der Waals surface area contributed by atoms with Crippen molar-refractivity contribution in [3.05, 3.63) is 42.5 Å². The van der Waals surface area contributed by atoms with Gasteiger partial charge in [-0.3, -0.25) is 0 Å². The molecule has 3 nitrogen and oxygen atoms in total. The Balaban J connectivity index is 2.10. The van der Waals surface area contributed by atoms with Gasteiger partial charge in [0, 0.05) is 5.56 Å². The van der Waals surface area contributed by atoms with Gasteiger partial charge in [0.2, 0.25) is 0 Å². The van der Waals surface area contributed by atoms with Gasteiger partial charge in [0.15, 0.2) is 11.5 Å². The minimum Gasteiger partial charge on any atom is -0.493 e. The largest absolute Gasteiger partial charge is 0.493 e. The molecule has 0 spiro atoms. The maximum Gasteiger partial charge on any atom is 0.161 e. The molecule has 0 bridgehead atoms. The van der Waals surface area contributed by atoms with Crippen molar-refractivity contribution in [2.45, 2.75) is 0 Å². The highest BCUT2D eigenvalue weighted by Gasteiger charge is 2.09. The van der Waals surface area contributed by atoms with Crippen molar-refractivity contribution in [2.24, 2.45) is 0 Å². The van der Waals surface area contributed by atoms with E-state index in [-0.39, 0.29) is 0 Å². The fourth-order valence-corrected chi connectivity index (χ4v) is 2.93. The van der Waals surface area contributed by atoms with Crippen LogP contribution in [0.15, 0.2) is 42.5 Å². The van der Waals surface area contributed by atoms with Crippen LogP contribution in [0.5, 0.6) is 11.5 Å². The molecule has 0 unspecified atom stereocenters. The van der Waals surface area contributed by atoms with E-state index >= 15 is 0 Å². The lowest BCUT2D eigenvalue weighted by Crippen LogP contribution is -1.90. The minimum atomic E-state index is 0.722. The SMILES string of the molecule is COc1ccc(-c2nc3ccccc3s2)cc1OC. The summed E-state index contributed by atoms with van der Waals surface area (Å²) in [6.07, 6.45) is 0. The first-order valence-corrected chi connectivity index (χ1v) is 6.71. The molecule has 4 heteroatoms. The first-order chi connectivity index (χ1) is 9.31. The van der Waals surface area contributed by atoms with Crippen molar-refractivity contribution in [1.29, 1.82) is 0 Å². The summed E-state index contributed by atoms with van der Waals surface area (Å²) in [5, 5.41) is 0.988. The van der Waals surface area contributed by atoms with Gasteiger partial charge >= 0.3 is 0 Å². The highest BCUT2D eigenvalue weighted by Crippen LogP contribution is 2.35. The van der Waals surface area contributed by atoms with Crippen molar-refractivity contribution < 1.29 is 9.47 Å². The third-order valence-electron chi connectivity index (χ3n) is 2.92. The van der Waals surface area contributed by atoms with E-state index in [4.69, 9.17) is 9.47 Å². The van der Waals surface area contributed by atoms with Gasteiger partial charge < -0.3 is 9.47 Å². The maximum atomic E-state index is 5.32. The van der Waals surface area contributed by atoms with E-state index in [0.29, 0.717) is 0 Å². The van der Waals surface area contributed by atoms with Gasteiger partial charge in [-0.05, 0) is 30.3 Å². The monoisotopic (exact) mass is 271 g/mol. The first kappa shape index (κ1) is 12.0. The third kappa shape index (κ3) is 2.15. The molecule has 1 heterocycles. The van der Waals surface area contributed by atoms with Crippen molar-refractivity contribution >= 4 is 21.6 Å². The number of para-hydroxylation sites is 1. The normalized spacial score (nSPS) is 10.6. The van der Waals surface area contributed by atoms with Crippen LogP contribution in [0.2, 0.25) is 0 Å². The zero-order chi connectivity index (χ0) is 13.2. The molecular formula is C15H13NO2S. The molecule has 96 valence electrons. The number of hydrogen-bond acceptors (Lipinski definition) is 4. The Morgan fingerprint density at radius 1 is 0.947 bits per heavy atom. The lowest BCUT2D eigenvalue weighted by molar-refractivity contribution is 0.355. The zero-order valence-electron chi connectivity index (χ0n) is 10.7. The highest BCUT2D eigenvalue weighted by molar-refractivity contribution is 7.21. The second-order valence-electron chi connectivity index (χ2n) is 4.06. The van der Waals surface area contributed by atoms with Gasteiger partial charge in [-0.25, -0.2) is 4.98 Å². The van der Waals surface area contributed by atoms with Crippen molar-refractivity contribution in [1.82, 2.24) is 4.98 Å². The van der Waals surface area contributed by atoms with Crippen molar-refractivity contribution in [3.63, 3.8) is 0 Å². The van der Waals surface area contributed by atoms with Crippen molar-refractivity contribution in [2.75, 3.05) is 14.2 Å². The molecule has 0 amide bonds. The average Bonchev–Trinajstić information content (AvgIpc) is 2.90. The summed E-state index contributed by atoms with van der Waals surface area (Å²) in [6, 6.07) is 14.0. The number of benzene rings is 2. The topological polar surface area (TPSA) is 31.4 Å². The second-order valence-corrected chi connectivity index (χ2v) is 5.09. The predicted octanol–water partition coefficient (Wildman–Crippen LogP) is 3.98. The molecule has 19 heavy (non-hydrogen) atoms. The van der Waals surface area contributed by atoms with Crippen molar-refractivity contribution in [3.8, 4) is 22.1 Å². The molecule has 3 aromatic rings. The smallest absolute Gasteiger partial charge is 0.161 e. The molecule has 0 fully saturated rings. The van der Waals surface area contributed by atoms with Gasteiger partial charge in [0.05, 0.1) is 24.4 Å². The Kier molecular flexibility index (Phi) is 3.09. The Labute approximate surface area is 115 Å².